The number of aliphatic hydroxyl groups excluding tert-OH is 1. The summed E-state index contributed by atoms with van der Waals surface area (Å²) in [5.74, 6) is 0.721. The molecule has 2 aromatic rings. The zero-order valence-electron chi connectivity index (χ0n) is 14.0. The van der Waals surface area contributed by atoms with E-state index in [9.17, 15) is 9.90 Å². The van der Waals surface area contributed by atoms with Gasteiger partial charge in [0, 0.05) is 13.5 Å². The maximum absolute atomic E-state index is 11.2. The van der Waals surface area contributed by atoms with E-state index in [0.29, 0.717) is 6.42 Å². The summed E-state index contributed by atoms with van der Waals surface area (Å²) < 4.78 is 11.2. The molecule has 0 radical (unpaired) electrons. The van der Waals surface area contributed by atoms with E-state index in [2.05, 4.69) is 5.32 Å². The van der Waals surface area contributed by atoms with Gasteiger partial charge in [-0.2, -0.15) is 0 Å². The van der Waals surface area contributed by atoms with Crippen LogP contribution in [0, 0.1) is 6.92 Å². The molecule has 2 rings (SSSR count). The van der Waals surface area contributed by atoms with Gasteiger partial charge in [-0.1, -0.05) is 36.4 Å². The van der Waals surface area contributed by atoms with Crippen LogP contribution in [0.3, 0.4) is 0 Å². The quantitative estimate of drug-likeness (QED) is 0.817. The molecule has 24 heavy (non-hydrogen) atoms. The summed E-state index contributed by atoms with van der Waals surface area (Å²) in [5, 5.41) is 11.7. The molecule has 5 heteroatoms. The first-order chi connectivity index (χ1) is 11.6. The van der Waals surface area contributed by atoms with E-state index in [4.69, 9.17) is 9.47 Å². The third kappa shape index (κ3) is 4.99. The highest BCUT2D eigenvalue weighted by Gasteiger charge is 2.15. The molecule has 0 aromatic heterocycles. The van der Waals surface area contributed by atoms with E-state index in [1.165, 1.54) is 7.05 Å². The molecular formula is C19H23NO4. The second kappa shape index (κ2) is 8.93. The lowest BCUT2D eigenvalue weighted by Crippen LogP contribution is -2.21. The van der Waals surface area contributed by atoms with Gasteiger partial charge < -0.3 is 19.9 Å². The molecule has 128 valence electrons. The first kappa shape index (κ1) is 17.8. The number of aryl methyl sites for hydroxylation is 1. The summed E-state index contributed by atoms with van der Waals surface area (Å²) in [6.07, 6.45) is -0.140. The number of alkyl carbamates (subject to hydrolysis) is 1. The zero-order chi connectivity index (χ0) is 17.4. The van der Waals surface area contributed by atoms with Gasteiger partial charge in [-0.05, 0) is 35.7 Å². The lowest BCUT2D eigenvalue weighted by Gasteiger charge is -2.20. The fourth-order valence-electron chi connectivity index (χ4n) is 2.38. The second-order valence-corrected chi connectivity index (χ2v) is 5.44. The molecule has 0 fully saturated rings. The number of amides is 1. The Morgan fingerprint density at radius 2 is 1.96 bits per heavy atom. The van der Waals surface area contributed by atoms with E-state index in [1.54, 1.807) is 0 Å². The van der Waals surface area contributed by atoms with Crippen LogP contribution in [0.2, 0.25) is 0 Å². The summed E-state index contributed by atoms with van der Waals surface area (Å²) in [7, 11) is 1.53. The van der Waals surface area contributed by atoms with Gasteiger partial charge in [-0.15, -0.1) is 0 Å². The summed E-state index contributed by atoms with van der Waals surface area (Å²) in [6, 6.07) is 15.4. The van der Waals surface area contributed by atoms with Gasteiger partial charge >= 0.3 is 6.09 Å². The number of benzene rings is 2. The van der Waals surface area contributed by atoms with Crippen LogP contribution >= 0.6 is 0 Å². The van der Waals surface area contributed by atoms with E-state index in [-0.39, 0.29) is 19.3 Å². The number of nitrogens with one attached hydrogen (secondary N) is 1. The fourth-order valence-corrected chi connectivity index (χ4v) is 2.38. The molecule has 0 spiro atoms. The van der Waals surface area contributed by atoms with Gasteiger partial charge in [-0.25, -0.2) is 4.79 Å². The highest BCUT2D eigenvalue weighted by atomic mass is 16.5. The highest BCUT2D eigenvalue weighted by molar-refractivity contribution is 5.66. The van der Waals surface area contributed by atoms with Crippen LogP contribution < -0.4 is 10.1 Å². The molecule has 2 N–H and O–H groups in total. The second-order valence-electron chi connectivity index (χ2n) is 5.44. The average Bonchev–Trinajstić information content (AvgIpc) is 2.61. The van der Waals surface area contributed by atoms with Gasteiger partial charge in [0.2, 0.25) is 0 Å². The summed E-state index contributed by atoms with van der Waals surface area (Å²) >= 11 is 0. The van der Waals surface area contributed by atoms with Crippen molar-refractivity contribution in [1.29, 1.82) is 0 Å². The number of rotatable bonds is 7. The number of ether oxygens (including phenoxy) is 2. The Labute approximate surface area is 142 Å². The first-order valence-corrected chi connectivity index (χ1v) is 7.90. The molecule has 0 aliphatic rings. The molecule has 1 atom stereocenters. The van der Waals surface area contributed by atoms with Crippen molar-refractivity contribution in [3.8, 4) is 5.75 Å². The molecule has 1 unspecified atom stereocenters. The molecule has 0 heterocycles. The maximum Gasteiger partial charge on any atom is 0.406 e. The highest BCUT2D eigenvalue weighted by Crippen LogP contribution is 2.26. The number of aliphatic hydroxyl groups is 1. The summed E-state index contributed by atoms with van der Waals surface area (Å²) in [5.41, 5.74) is 2.87. The lowest BCUT2D eigenvalue weighted by molar-refractivity contribution is 0.117. The molecule has 0 saturated carbocycles. The van der Waals surface area contributed by atoms with E-state index >= 15 is 0 Å². The van der Waals surface area contributed by atoms with Crippen molar-refractivity contribution in [3.63, 3.8) is 0 Å². The average molecular weight is 329 g/mol. The topological polar surface area (TPSA) is 67.8 Å². The molecule has 5 nitrogen and oxygen atoms in total. The Kier molecular flexibility index (Phi) is 6.63. The van der Waals surface area contributed by atoms with E-state index in [0.717, 1.165) is 22.4 Å². The minimum absolute atomic E-state index is 0.00813. The molecular weight excluding hydrogens is 306 g/mol. The van der Waals surface area contributed by atoms with Crippen molar-refractivity contribution in [1.82, 2.24) is 5.32 Å². The van der Waals surface area contributed by atoms with Crippen LogP contribution in [0.4, 0.5) is 4.79 Å². The van der Waals surface area contributed by atoms with Crippen LogP contribution in [-0.2, 0) is 11.3 Å². The van der Waals surface area contributed by atoms with Crippen LogP contribution in [0.5, 0.6) is 5.75 Å². The Bertz CT molecular complexity index is 658. The summed E-state index contributed by atoms with van der Waals surface area (Å²) in [4.78, 5) is 11.2. The van der Waals surface area contributed by atoms with Gasteiger partial charge in [-0.3, -0.25) is 0 Å². The van der Waals surface area contributed by atoms with Gasteiger partial charge in [0.25, 0.3) is 0 Å². The Morgan fingerprint density at radius 3 is 2.58 bits per heavy atom. The van der Waals surface area contributed by atoms with Crippen molar-refractivity contribution in [3.05, 3.63) is 65.2 Å². The van der Waals surface area contributed by atoms with Crippen molar-refractivity contribution >= 4 is 6.09 Å². The molecule has 0 aliphatic heterocycles. The van der Waals surface area contributed by atoms with E-state index in [1.807, 2.05) is 55.5 Å². The smallest absolute Gasteiger partial charge is 0.406 e. The predicted molar refractivity (Wildman–Crippen MR) is 91.9 cm³/mol. The van der Waals surface area contributed by atoms with E-state index < -0.39 is 6.09 Å². The Balaban J connectivity index is 2.10. The molecule has 0 bridgehead atoms. The fraction of sp³-hybridized carbons (Fsp3) is 0.316. The monoisotopic (exact) mass is 329 g/mol. The van der Waals surface area contributed by atoms with Crippen molar-refractivity contribution in [2.45, 2.75) is 26.1 Å². The SMILES string of the molecule is CNC(=O)OCCC(Oc1ccc(CO)c(C)c1)c1ccccc1. The molecule has 2 aromatic carbocycles. The molecule has 0 aliphatic carbocycles. The number of carbonyl (C=O) groups is 1. The van der Waals surface area contributed by atoms with Crippen LogP contribution in [0.25, 0.3) is 0 Å². The lowest BCUT2D eigenvalue weighted by atomic mass is 10.1. The van der Waals surface area contributed by atoms with Crippen molar-refractivity contribution in [2.75, 3.05) is 13.7 Å². The van der Waals surface area contributed by atoms with Crippen LogP contribution in [-0.4, -0.2) is 24.9 Å². The van der Waals surface area contributed by atoms with Gasteiger partial charge in [0.1, 0.15) is 11.9 Å². The van der Waals surface area contributed by atoms with Crippen molar-refractivity contribution in [2.24, 2.45) is 0 Å². The third-order valence-corrected chi connectivity index (χ3v) is 3.75. The van der Waals surface area contributed by atoms with Gasteiger partial charge in [0.15, 0.2) is 0 Å². The Morgan fingerprint density at radius 1 is 1.21 bits per heavy atom. The minimum atomic E-state index is -0.454. The Hall–Kier alpha value is -2.53. The maximum atomic E-state index is 11.2. The number of hydrogen-bond acceptors (Lipinski definition) is 4. The number of carbonyl (C=O) groups excluding carboxylic acids is 1. The minimum Gasteiger partial charge on any atom is -0.486 e. The largest absolute Gasteiger partial charge is 0.486 e. The number of hydrogen-bond donors (Lipinski definition) is 2. The zero-order valence-corrected chi connectivity index (χ0v) is 14.0. The summed E-state index contributed by atoms with van der Waals surface area (Å²) in [6.45, 7) is 2.20. The van der Waals surface area contributed by atoms with Crippen LogP contribution in [0.1, 0.15) is 29.2 Å². The predicted octanol–water partition coefficient (Wildman–Crippen LogP) is 3.35. The van der Waals surface area contributed by atoms with Gasteiger partial charge in [0.05, 0.1) is 13.2 Å². The molecule has 0 saturated heterocycles. The third-order valence-electron chi connectivity index (χ3n) is 3.75. The molecule has 1 amide bonds. The van der Waals surface area contributed by atoms with Crippen LogP contribution in [0.15, 0.2) is 48.5 Å². The van der Waals surface area contributed by atoms with Crippen molar-refractivity contribution < 1.29 is 19.4 Å². The first-order valence-electron chi connectivity index (χ1n) is 7.90. The standard InChI is InChI=1S/C19H23NO4/c1-14-12-17(9-8-16(14)13-21)24-18(10-11-23-19(22)20-2)15-6-4-3-5-7-15/h3-9,12,18,21H,10-11,13H2,1-2H3,(H,20,22). The normalized spacial score (nSPS) is 11.6.